The van der Waals surface area contributed by atoms with Gasteiger partial charge in [-0.2, -0.15) is 4.31 Å². The minimum Gasteiger partial charge on any atom is -0.346 e. The lowest BCUT2D eigenvalue weighted by Gasteiger charge is -2.26. The van der Waals surface area contributed by atoms with Gasteiger partial charge in [0.1, 0.15) is 10.7 Å². The Morgan fingerprint density at radius 3 is 2.39 bits per heavy atom. The molecule has 150 valence electrons. The van der Waals surface area contributed by atoms with E-state index in [-0.39, 0.29) is 27.3 Å². The Morgan fingerprint density at radius 2 is 1.75 bits per heavy atom. The van der Waals surface area contributed by atoms with E-state index in [1.165, 1.54) is 34.6 Å². The van der Waals surface area contributed by atoms with Crippen LogP contribution < -0.4 is 5.32 Å². The topological polar surface area (TPSA) is 66.5 Å². The zero-order valence-electron chi connectivity index (χ0n) is 15.5. The van der Waals surface area contributed by atoms with Crippen LogP contribution in [0.25, 0.3) is 0 Å². The number of halogens is 2. The summed E-state index contributed by atoms with van der Waals surface area (Å²) in [5.41, 5.74) is 0.943. The second-order valence-corrected chi connectivity index (χ2v) is 9.17. The molecule has 8 heteroatoms. The Kier molecular flexibility index (Phi) is 6.37. The zero-order valence-corrected chi connectivity index (χ0v) is 17.1. The van der Waals surface area contributed by atoms with Crippen LogP contribution in [-0.4, -0.2) is 31.7 Å². The maximum Gasteiger partial charge on any atom is 0.251 e. The standard InChI is InChI=1S/C20H22ClFN2O3S/c1-14(15-5-8-17(22)9-6-15)23-20(25)16-7-10-18(21)19(13-16)28(26,27)24-11-3-2-4-12-24/h5-10,13-14H,2-4,11-12H2,1H3,(H,23,25)/t14-/m0/s1. The van der Waals surface area contributed by atoms with Crippen LogP contribution in [0.5, 0.6) is 0 Å². The lowest BCUT2D eigenvalue weighted by molar-refractivity contribution is 0.0939. The number of carbonyl (C=O) groups excluding carboxylic acids is 1. The van der Waals surface area contributed by atoms with Crippen molar-refractivity contribution in [3.63, 3.8) is 0 Å². The Labute approximate surface area is 169 Å². The van der Waals surface area contributed by atoms with Crippen LogP contribution in [0.1, 0.15) is 48.1 Å². The highest BCUT2D eigenvalue weighted by molar-refractivity contribution is 7.89. The van der Waals surface area contributed by atoms with Crippen LogP contribution in [-0.2, 0) is 10.0 Å². The first-order chi connectivity index (χ1) is 13.3. The van der Waals surface area contributed by atoms with Crippen molar-refractivity contribution in [3.8, 4) is 0 Å². The van der Waals surface area contributed by atoms with Crippen LogP contribution in [0.2, 0.25) is 5.02 Å². The van der Waals surface area contributed by atoms with E-state index in [4.69, 9.17) is 11.6 Å². The summed E-state index contributed by atoms with van der Waals surface area (Å²) in [4.78, 5) is 12.6. The number of hydrogen-bond acceptors (Lipinski definition) is 3. The largest absolute Gasteiger partial charge is 0.346 e. The third-order valence-electron chi connectivity index (χ3n) is 4.84. The fraction of sp³-hybridized carbons (Fsp3) is 0.350. The second kappa shape index (κ2) is 8.59. The molecule has 2 aromatic rings. The second-order valence-electron chi connectivity index (χ2n) is 6.86. The number of benzene rings is 2. The first-order valence-electron chi connectivity index (χ1n) is 9.15. The summed E-state index contributed by atoms with van der Waals surface area (Å²) in [6.45, 7) is 2.68. The van der Waals surface area contributed by atoms with Gasteiger partial charge in [-0.15, -0.1) is 0 Å². The van der Waals surface area contributed by atoms with E-state index in [9.17, 15) is 17.6 Å². The third kappa shape index (κ3) is 4.54. The molecule has 2 aromatic carbocycles. The molecule has 3 rings (SSSR count). The predicted octanol–water partition coefficient (Wildman–Crippen LogP) is 4.14. The van der Waals surface area contributed by atoms with Crippen molar-refractivity contribution in [2.24, 2.45) is 0 Å². The number of sulfonamides is 1. The van der Waals surface area contributed by atoms with Gasteiger partial charge in [-0.1, -0.05) is 30.2 Å². The number of nitrogens with one attached hydrogen (secondary N) is 1. The summed E-state index contributed by atoms with van der Waals surface area (Å²) in [5.74, 6) is -0.781. The smallest absolute Gasteiger partial charge is 0.251 e. The summed E-state index contributed by atoms with van der Waals surface area (Å²) in [5, 5.41) is 2.89. The number of rotatable bonds is 5. The predicted molar refractivity (Wildman–Crippen MR) is 106 cm³/mol. The monoisotopic (exact) mass is 424 g/mol. The molecule has 1 amide bonds. The van der Waals surface area contributed by atoms with E-state index in [1.807, 2.05) is 0 Å². The van der Waals surface area contributed by atoms with Crippen LogP contribution in [0.15, 0.2) is 47.4 Å². The molecule has 5 nitrogen and oxygen atoms in total. The van der Waals surface area contributed by atoms with Crippen LogP contribution in [0.4, 0.5) is 4.39 Å². The Bertz CT molecular complexity index is 958. The lowest BCUT2D eigenvalue weighted by atomic mass is 10.1. The molecule has 0 spiro atoms. The summed E-state index contributed by atoms with van der Waals surface area (Å²) in [6, 6.07) is 9.70. The molecule has 28 heavy (non-hydrogen) atoms. The van der Waals surface area contributed by atoms with Gasteiger partial charge in [0.2, 0.25) is 10.0 Å². The van der Waals surface area contributed by atoms with E-state index in [2.05, 4.69) is 5.32 Å². The SMILES string of the molecule is C[C@H](NC(=O)c1ccc(Cl)c(S(=O)(=O)N2CCCCC2)c1)c1ccc(F)cc1. The Morgan fingerprint density at radius 1 is 1.11 bits per heavy atom. The molecule has 1 N–H and O–H groups in total. The number of amides is 1. The number of carbonyl (C=O) groups is 1. The highest BCUT2D eigenvalue weighted by Gasteiger charge is 2.29. The average molecular weight is 425 g/mol. The summed E-state index contributed by atoms with van der Waals surface area (Å²) in [7, 11) is -3.75. The molecule has 1 aliphatic heterocycles. The van der Waals surface area contributed by atoms with Crippen molar-refractivity contribution in [2.75, 3.05) is 13.1 Å². The van der Waals surface area contributed by atoms with E-state index in [0.717, 1.165) is 24.8 Å². The van der Waals surface area contributed by atoms with Crippen molar-refractivity contribution in [1.29, 1.82) is 0 Å². The van der Waals surface area contributed by atoms with Gasteiger partial charge in [0.25, 0.3) is 5.91 Å². The zero-order chi connectivity index (χ0) is 20.3. The number of nitrogens with zero attached hydrogens (tertiary/aromatic N) is 1. The minimum atomic E-state index is -3.75. The maximum atomic E-state index is 13.1. The van der Waals surface area contributed by atoms with Gasteiger partial charge in [0.15, 0.2) is 0 Å². The van der Waals surface area contributed by atoms with E-state index < -0.39 is 15.9 Å². The average Bonchev–Trinajstić information content (AvgIpc) is 2.69. The first-order valence-corrected chi connectivity index (χ1v) is 11.0. The summed E-state index contributed by atoms with van der Waals surface area (Å²) >= 11 is 6.15. The normalized spacial score (nSPS) is 16.5. The van der Waals surface area contributed by atoms with Gasteiger partial charge >= 0.3 is 0 Å². The van der Waals surface area contributed by atoms with Crippen molar-refractivity contribution in [2.45, 2.75) is 37.1 Å². The van der Waals surface area contributed by atoms with Gasteiger partial charge in [-0.3, -0.25) is 4.79 Å². The van der Waals surface area contributed by atoms with E-state index >= 15 is 0 Å². The van der Waals surface area contributed by atoms with Gasteiger partial charge in [-0.25, -0.2) is 12.8 Å². The number of piperidine rings is 1. The first kappa shape index (κ1) is 20.8. The van der Waals surface area contributed by atoms with Gasteiger partial charge in [-0.05, 0) is 55.7 Å². The fourth-order valence-electron chi connectivity index (χ4n) is 3.20. The maximum absolute atomic E-state index is 13.1. The van der Waals surface area contributed by atoms with Crippen LogP contribution in [0, 0.1) is 5.82 Å². The highest BCUT2D eigenvalue weighted by Crippen LogP contribution is 2.28. The van der Waals surface area contributed by atoms with E-state index in [1.54, 1.807) is 19.1 Å². The molecule has 1 atom stereocenters. The molecule has 0 aromatic heterocycles. The Balaban J connectivity index is 1.82. The molecule has 0 radical (unpaired) electrons. The van der Waals surface area contributed by atoms with Crippen molar-refractivity contribution < 1.29 is 17.6 Å². The van der Waals surface area contributed by atoms with Crippen LogP contribution in [0.3, 0.4) is 0 Å². The molecule has 1 saturated heterocycles. The van der Waals surface area contributed by atoms with Crippen LogP contribution >= 0.6 is 11.6 Å². The van der Waals surface area contributed by atoms with Gasteiger partial charge < -0.3 is 5.32 Å². The molecule has 0 bridgehead atoms. The minimum absolute atomic E-state index is 0.0573. The quantitative estimate of drug-likeness (QED) is 0.784. The molecular weight excluding hydrogens is 403 g/mol. The molecule has 0 unspecified atom stereocenters. The summed E-state index contributed by atoms with van der Waals surface area (Å²) < 4.78 is 40.3. The highest BCUT2D eigenvalue weighted by atomic mass is 35.5. The molecule has 1 fully saturated rings. The van der Waals surface area contributed by atoms with Crippen molar-refractivity contribution in [3.05, 3.63) is 64.4 Å². The van der Waals surface area contributed by atoms with Gasteiger partial charge in [0.05, 0.1) is 11.1 Å². The number of hydrogen-bond donors (Lipinski definition) is 1. The Hall–Kier alpha value is -1.96. The van der Waals surface area contributed by atoms with Gasteiger partial charge in [0, 0.05) is 18.7 Å². The molecule has 0 aliphatic carbocycles. The molecule has 0 saturated carbocycles. The van der Waals surface area contributed by atoms with Crippen molar-refractivity contribution >= 4 is 27.5 Å². The summed E-state index contributed by atoms with van der Waals surface area (Å²) in [6.07, 6.45) is 2.63. The molecular formula is C20H22ClFN2O3S. The molecule has 1 heterocycles. The fourth-order valence-corrected chi connectivity index (χ4v) is 5.22. The van der Waals surface area contributed by atoms with Crippen molar-refractivity contribution in [1.82, 2.24) is 9.62 Å². The van der Waals surface area contributed by atoms with E-state index in [0.29, 0.717) is 13.1 Å². The third-order valence-corrected chi connectivity index (χ3v) is 7.22. The lowest BCUT2D eigenvalue weighted by Crippen LogP contribution is -2.36. The molecule has 1 aliphatic rings.